The molecule has 2 aromatic rings. The van der Waals surface area contributed by atoms with Crippen molar-refractivity contribution in [1.82, 2.24) is 10.2 Å². The van der Waals surface area contributed by atoms with Crippen molar-refractivity contribution in [2.45, 2.75) is 16.2 Å². The summed E-state index contributed by atoms with van der Waals surface area (Å²) in [5.41, 5.74) is 5.76. The zero-order valence-corrected chi connectivity index (χ0v) is 16.7. The molecule has 144 valence electrons. The Balaban J connectivity index is 1.85. The third-order valence-electron chi connectivity index (χ3n) is 2.75. The van der Waals surface area contributed by atoms with Gasteiger partial charge >= 0.3 is 6.09 Å². The Kier molecular flexibility index (Phi) is 8.36. The monoisotopic (exact) mass is 427 g/mol. The first-order valence-corrected chi connectivity index (χ1v) is 10.5. The van der Waals surface area contributed by atoms with Crippen molar-refractivity contribution < 1.29 is 19.1 Å². The number of nitrogens with zero attached hydrogens (tertiary/aromatic N) is 2. The maximum absolute atomic E-state index is 12.2. The molecule has 0 saturated carbocycles. The largest absolute Gasteiger partial charge is 0.450 e. The molecule has 0 fully saturated rings. The number of hydrogen-bond donors (Lipinski definition) is 3. The number of nitrogens with one attached hydrogen (secondary N) is 2. The molecule has 3 amide bonds. The molecule has 9 nitrogen and oxygen atoms in total. The van der Waals surface area contributed by atoms with E-state index in [1.807, 2.05) is 6.07 Å². The number of anilines is 2. The van der Waals surface area contributed by atoms with E-state index in [-0.39, 0.29) is 24.0 Å². The van der Waals surface area contributed by atoms with Crippen LogP contribution < -0.4 is 16.4 Å². The predicted molar refractivity (Wildman–Crippen MR) is 106 cm³/mol. The zero-order valence-electron chi connectivity index (χ0n) is 14.3. The van der Waals surface area contributed by atoms with Crippen molar-refractivity contribution in [2.24, 2.45) is 5.73 Å². The summed E-state index contributed by atoms with van der Waals surface area (Å²) < 4.78 is 5.29. The van der Waals surface area contributed by atoms with Crippen LogP contribution in [-0.4, -0.2) is 46.2 Å². The number of nitrogens with two attached hydrogens (primary N) is 1. The van der Waals surface area contributed by atoms with E-state index in [9.17, 15) is 14.4 Å². The third-order valence-corrected chi connectivity index (χ3v) is 5.82. The van der Waals surface area contributed by atoms with Crippen LogP contribution in [0.5, 0.6) is 0 Å². The number of primary amides is 1. The van der Waals surface area contributed by atoms with E-state index in [4.69, 9.17) is 10.5 Å². The van der Waals surface area contributed by atoms with Gasteiger partial charge in [-0.2, -0.15) is 0 Å². The highest BCUT2D eigenvalue weighted by atomic mass is 32.2. The standard InChI is InChI=1S/C15H17N5O4S3/c1-2-24-14(23)18-13-19-20-15(27-13)26-8-12(22)17-9-5-3-4-6-10(9)25-7-11(16)21/h3-6H,2,7-8H2,1H3,(H2,16,21)(H,17,22)(H,18,19,23). The number of aromatic nitrogens is 2. The van der Waals surface area contributed by atoms with Gasteiger partial charge in [-0.3, -0.25) is 14.9 Å². The lowest BCUT2D eigenvalue weighted by Crippen LogP contribution is -2.15. The smallest absolute Gasteiger partial charge is 0.413 e. The number of rotatable bonds is 9. The van der Waals surface area contributed by atoms with Crippen LogP contribution in [-0.2, 0) is 14.3 Å². The molecule has 1 aromatic heterocycles. The van der Waals surface area contributed by atoms with Crippen LogP contribution in [0.4, 0.5) is 15.6 Å². The first-order chi connectivity index (χ1) is 13.0. The fraction of sp³-hybridized carbons (Fsp3) is 0.267. The van der Waals surface area contributed by atoms with E-state index >= 15 is 0 Å². The van der Waals surface area contributed by atoms with Crippen LogP contribution in [0, 0.1) is 0 Å². The molecule has 0 saturated heterocycles. The number of benzene rings is 1. The summed E-state index contributed by atoms with van der Waals surface area (Å²) in [7, 11) is 0. The highest BCUT2D eigenvalue weighted by Gasteiger charge is 2.12. The van der Waals surface area contributed by atoms with Crippen LogP contribution in [0.3, 0.4) is 0 Å². The fourth-order valence-corrected chi connectivity index (χ4v) is 4.02. The topological polar surface area (TPSA) is 136 Å². The number of thioether (sulfide) groups is 2. The molecular weight excluding hydrogens is 410 g/mol. The highest BCUT2D eigenvalue weighted by Crippen LogP contribution is 2.28. The minimum absolute atomic E-state index is 0.114. The third kappa shape index (κ3) is 7.45. The minimum atomic E-state index is -0.604. The molecule has 0 aliphatic carbocycles. The second-order valence-corrected chi connectivity index (χ2v) is 8.02. The van der Waals surface area contributed by atoms with Crippen LogP contribution in [0.2, 0.25) is 0 Å². The van der Waals surface area contributed by atoms with Crippen molar-refractivity contribution >= 4 is 63.6 Å². The van der Waals surface area contributed by atoms with Crippen molar-refractivity contribution in [2.75, 3.05) is 28.7 Å². The maximum atomic E-state index is 12.2. The van der Waals surface area contributed by atoms with Crippen LogP contribution in [0.1, 0.15) is 6.92 Å². The molecule has 0 radical (unpaired) electrons. The van der Waals surface area contributed by atoms with Crippen LogP contribution >= 0.6 is 34.9 Å². The number of hydrogen-bond acceptors (Lipinski definition) is 9. The van der Waals surface area contributed by atoms with Gasteiger partial charge in [-0.1, -0.05) is 35.2 Å². The SMILES string of the molecule is CCOC(=O)Nc1nnc(SCC(=O)Nc2ccccc2SCC(N)=O)s1. The summed E-state index contributed by atoms with van der Waals surface area (Å²) in [6, 6.07) is 7.15. The minimum Gasteiger partial charge on any atom is -0.450 e. The van der Waals surface area contributed by atoms with Gasteiger partial charge in [0.15, 0.2) is 4.34 Å². The van der Waals surface area contributed by atoms with Crippen molar-refractivity contribution in [3.8, 4) is 0 Å². The Bertz CT molecular complexity index is 814. The van der Waals surface area contributed by atoms with Gasteiger partial charge in [0.05, 0.1) is 23.8 Å². The second kappa shape index (κ2) is 10.7. The highest BCUT2D eigenvalue weighted by molar-refractivity contribution is 8.01. The average Bonchev–Trinajstić information content (AvgIpc) is 3.06. The molecule has 2 rings (SSSR count). The van der Waals surface area contributed by atoms with Gasteiger partial charge in [0.1, 0.15) is 0 Å². The maximum Gasteiger partial charge on any atom is 0.413 e. The van der Waals surface area contributed by atoms with Gasteiger partial charge in [0.25, 0.3) is 0 Å². The number of ether oxygens (including phenoxy) is 1. The van der Waals surface area contributed by atoms with Gasteiger partial charge in [0, 0.05) is 4.90 Å². The molecule has 0 aliphatic heterocycles. The van der Waals surface area contributed by atoms with E-state index in [0.717, 1.165) is 16.2 Å². The van der Waals surface area contributed by atoms with E-state index in [2.05, 4.69) is 20.8 Å². The number of amides is 3. The summed E-state index contributed by atoms with van der Waals surface area (Å²) in [6.07, 6.45) is -0.604. The first-order valence-electron chi connectivity index (χ1n) is 7.68. The Morgan fingerprint density at radius 3 is 2.67 bits per heavy atom. The predicted octanol–water partition coefficient (Wildman–Crippen LogP) is 2.41. The first kappa shape index (κ1) is 21.0. The molecule has 1 heterocycles. The van der Waals surface area contributed by atoms with E-state index < -0.39 is 12.0 Å². The van der Waals surface area contributed by atoms with Crippen LogP contribution in [0.25, 0.3) is 0 Å². The summed E-state index contributed by atoms with van der Waals surface area (Å²) in [5.74, 6) is -0.423. The lowest BCUT2D eigenvalue weighted by Gasteiger charge is -2.09. The normalized spacial score (nSPS) is 10.3. The molecule has 0 aliphatic rings. The van der Waals surface area contributed by atoms with Gasteiger partial charge in [-0.05, 0) is 19.1 Å². The molecule has 0 spiro atoms. The number of carbonyl (C=O) groups is 3. The Labute approximate surface area is 167 Å². The van der Waals surface area contributed by atoms with Gasteiger partial charge < -0.3 is 15.8 Å². The summed E-state index contributed by atoms with van der Waals surface area (Å²) in [4.78, 5) is 35.2. The van der Waals surface area contributed by atoms with E-state index in [1.165, 1.54) is 23.5 Å². The number of carbonyl (C=O) groups excluding carboxylic acids is 3. The summed E-state index contributed by atoms with van der Waals surface area (Å²) >= 11 is 3.59. The molecular formula is C15H17N5O4S3. The van der Waals surface area contributed by atoms with Crippen LogP contribution in [0.15, 0.2) is 33.5 Å². The van der Waals surface area contributed by atoms with Crippen molar-refractivity contribution in [1.29, 1.82) is 0 Å². The Morgan fingerprint density at radius 1 is 1.15 bits per heavy atom. The Hall–Kier alpha value is -2.31. The van der Waals surface area contributed by atoms with Crippen molar-refractivity contribution in [3.63, 3.8) is 0 Å². The molecule has 1 aromatic carbocycles. The zero-order chi connectivity index (χ0) is 19.6. The Morgan fingerprint density at radius 2 is 1.93 bits per heavy atom. The van der Waals surface area contributed by atoms with Gasteiger partial charge in [-0.15, -0.1) is 22.0 Å². The van der Waals surface area contributed by atoms with Gasteiger partial charge in [-0.25, -0.2) is 4.79 Å². The lowest BCUT2D eigenvalue weighted by molar-refractivity contribution is -0.115. The molecule has 0 unspecified atom stereocenters. The quantitative estimate of drug-likeness (QED) is 0.410. The van der Waals surface area contributed by atoms with E-state index in [0.29, 0.717) is 15.2 Å². The molecule has 4 N–H and O–H groups in total. The molecule has 12 heteroatoms. The molecule has 0 atom stereocenters. The van der Waals surface area contributed by atoms with E-state index in [1.54, 1.807) is 25.1 Å². The average molecular weight is 428 g/mol. The fourth-order valence-electron chi connectivity index (χ4n) is 1.73. The van der Waals surface area contributed by atoms with Crippen molar-refractivity contribution in [3.05, 3.63) is 24.3 Å². The summed E-state index contributed by atoms with van der Waals surface area (Å²) in [6.45, 7) is 1.95. The lowest BCUT2D eigenvalue weighted by atomic mass is 10.3. The molecule has 27 heavy (non-hydrogen) atoms. The summed E-state index contributed by atoms with van der Waals surface area (Å²) in [5, 5.41) is 13.3. The molecule has 0 bridgehead atoms. The number of para-hydroxylation sites is 1. The second-order valence-electron chi connectivity index (χ2n) is 4.81. The van der Waals surface area contributed by atoms with Gasteiger partial charge in [0.2, 0.25) is 16.9 Å².